The van der Waals surface area contributed by atoms with Crippen molar-refractivity contribution in [1.29, 1.82) is 0 Å². The Balaban J connectivity index is 1.86. The van der Waals surface area contributed by atoms with Gasteiger partial charge in [-0.05, 0) is 55.7 Å². The van der Waals surface area contributed by atoms with E-state index in [-0.39, 0.29) is 0 Å². The first-order valence-electron chi connectivity index (χ1n) is 7.06. The fraction of sp³-hybridized carbons (Fsp3) is 0.467. The number of hydrogen-bond donors (Lipinski definition) is 3. The molecule has 2 aliphatic carbocycles. The van der Waals surface area contributed by atoms with Gasteiger partial charge in [-0.3, -0.25) is 9.59 Å². The highest BCUT2D eigenvalue weighted by atomic mass is 16.1. The molecule has 5 N–H and O–H groups in total. The van der Waals surface area contributed by atoms with Gasteiger partial charge in [0, 0.05) is 22.9 Å². The highest BCUT2D eigenvalue weighted by Gasteiger charge is 2.41. The van der Waals surface area contributed by atoms with Crippen molar-refractivity contribution in [2.45, 2.75) is 31.7 Å². The summed E-state index contributed by atoms with van der Waals surface area (Å²) in [4.78, 5) is 22.7. The number of carbonyl (C=O) groups excluding carboxylic acids is 2. The Morgan fingerprint density at radius 3 is 1.75 bits per heavy atom. The first-order valence-corrected chi connectivity index (χ1v) is 7.06. The van der Waals surface area contributed by atoms with E-state index in [9.17, 15) is 9.59 Å². The van der Waals surface area contributed by atoms with E-state index in [0.29, 0.717) is 17.2 Å². The molecule has 0 aliphatic heterocycles. The number of carbonyl (C=O) groups is 2. The Bertz CT molecular complexity index is 518. The lowest BCUT2D eigenvalue weighted by atomic mass is 10.0. The van der Waals surface area contributed by atoms with Crippen molar-refractivity contribution in [3.05, 3.63) is 29.3 Å². The van der Waals surface area contributed by atoms with Crippen LogP contribution in [0.1, 0.15) is 46.4 Å². The van der Waals surface area contributed by atoms with Crippen molar-refractivity contribution in [2.75, 3.05) is 5.32 Å². The van der Waals surface area contributed by atoms with Gasteiger partial charge in [0.1, 0.15) is 0 Å². The first-order chi connectivity index (χ1) is 9.54. The largest absolute Gasteiger partial charge is 0.382 e. The van der Waals surface area contributed by atoms with Crippen LogP contribution in [0, 0.1) is 11.8 Å². The summed E-state index contributed by atoms with van der Waals surface area (Å²) in [6.45, 7) is 0. The minimum Gasteiger partial charge on any atom is -0.382 e. The molecule has 0 spiro atoms. The third kappa shape index (κ3) is 2.76. The van der Waals surface area contributed by atoms with E-state index in [2.05, 4.69) is 5.32 Å². The van der Waals surface area contributed by atoms with E-state index in [1.807, 2.05) is 0 Å². The van der Waals surface area contributed by atoms with Crippen molar-refractivity contribution < 1.29 is 9.59 Å². The lowest BCUT2D eigenvalue weighted by Crippen LogP contribution is -2.25. The van der Waals surface area contributed by atoms with E-state index >= 15 is 0 Å². The summed E-state index contributed by atoms with van der Waals surface area (Å²) in [6, 6.07) is 5.29. The van der Waals surface area contributed by atoms with Crippen molar-refractivity contribution in [1.82, 2.24) is 0 Å². The van der Waals surface area contributed by atoms with E-state index in [4.69, 9.17) is 11.5 Å². The number of nitrogens with two attached hydrogens (primary N) is 2. The van der Waals surface area contributed by atoms with Crippen LogP contribution in [0.15, 0.2) is 18.2 Å². The average molecular weight is 273 g/mol. The number of anilines is 1. The topological polar surface area (TPSA) is 98.2 Å². The molecule has 3 rings (SSSR count). The summed E-state index contributed by atoms with van der Waals surface area (Å²) in [7, 11) is 0. The molecule has 2 fully saturated rings. The number of amides is 2. The minimum atomic E-state index is -0.550. The Labute approximate surface area is 117 Å². The second-order valence-corrected chi connectivity index (χ2v) is 5.87. The quantitative estimate of drug-likeness (QED) is 0.732. The molecule has 2 aliphatic rings. The van der Waals surface area contributed by atoms with Crippen LogP contribution in [-0.4, -0.2) is 17.9 Å². The first kappa shape index (κ1) is 13.0. The standard InChI is InChI=1S/C15H19N3O2/c16-14(19)10-5-11(15(17)20)7-12(6-10)18-13(8-1-2-8)9-3-4-9/h5-9,13,18H,1-4H2,(H2,16,19)(H2,17,20). The van der Waals surface area contributed by atoms with Crippen LogP contribution >= 0.6 is 0 Å². The molecule has 5 heteroatoms. The molecule has 1 aromatic rings. The molecule has 0 atom stereocenters. The summed E-state index contributed by atoms with van der Waals surface area (Å²) < 4.78 is 0. The van der Waals surface area contributed by atoms with Crippen molar-refractivity contribution in [2.24, 2.45) is 23.3 Å². The predicted octanol–water partition coefficient (Wildman–Crippen LogP) is 1.48. The normalized spacial score (nSPS) is 18.1. The Morgan fingerprint density at radius 2 is 1.40 bits per heavy atom. The number of benzene rings is 1. The van der Waals surface area contributed by atoms with Crippen molar-refractivity contribution in [3.63, 3.8) is 0 Å². The molecule has 5 nitrogen and oxygen atoms in total. The molecular formula is C15H19N3O2. The Kier molecular flexibility index (Phi) is 3.12. The molecule has 0 heterocycles. The van der Waals surface area contributed by atoms with E-state index < -0.39 is 11.8 Å². The van der Waals surface area contributed by atoms with Crippen LogP contribution in [0.25, 0.3) is 0 Å². The molecular weight excluding hydrogens is 254 g/mol. The molecule has 106 valence electrons. The smallest absolute Gasteiger partial charge is 0.248 e. The van der Waals surface area contributed by atoms with Gasteiger partial charge in [0.2, 0.25) is 11.8 Å². The van der Waals surface area contributed by atoms with E-state index in [1.54, 1.807) is 12.1 Å². The van der Waals surface area contributed by atoms with Gasteiger partial charge in [0.15, 0.2) is 0 Å². The van der Waals surface area contributed by atoms with Gasteiger partial charge in [-0.1, -0.05) is 0 Å². The van der Waals surface area contributed by atoms with E-state index in [1.165, 1.54) is 31.7 Å². The Hall–Kier alpha value is -2.04. The van der Waals surface area contributed by atoms with Gasteiger partial charge >= 0.3 is 0 Å². The van der Waals surface area contributed by atoms with Gasteiger partial charge in [-0.15, -0.1) is 0 Å². The molecule has 2 amide bonds. The molecule has 1 aromatic carbocycles. The highest BCUT2D eigenvalue weighted by molar-refractivity contribution is 5.99. The van der Waals surface area contributed by atoms with Gasteiger partial charge in [0.05, 0.1) is 0 Å². The maximum Gasteiger partial charge on any atom is 0.248 e. The third-order valence-electron chi connectivity index (χ3n) is 4.10. The summed E-state index contributed by atoms with van der Waals surface area (Å²) in [6.07, 6.45) is 5.03. The average Bonchev–Trinajstić information content (AvgIpc) is 3.28. The van der Waals surface area contributed by atoms with Crippen LogP contribution in [-0.2, 0) is 0 Å². The van der Waals surface area contributed by atoms with Crippen LogP contribution in [0.3, 0.4) is 0 Å². The van der Waals surface area contributed by atoms with Crippen LogP contribution in [0.5, 0.6) is 0 Å². The SMILES string of the molecule is NC(=O)c1cc(NC(C2CC2)C2CC2)cc(C(N)=O)c1. The van der Waals surface area contributed by atoms with Gasteiger partial charge in [-0.25, -0.2) is 0 Å². The molecule has 0 aromatic heterocycles. The predicted molar refractivity (Wildman–Crippen MR) is 76.3 cm³/mol. The maximum absolute atomic E-state index is 11.3. The van der Waals surface area contributed by atoms with Crippen LogP contribution in [0.2, 0.25) is 0 Å². The Morgan fingerprint density at radius 1 is 0.950 bits per heavy atom. The van der Waals surface area contributed by atoms with Crippen molar-refractivity contribution in [3.8, 4) is 0 Å². The second kappa shape index (κ2) is 4.81. The number of hydrogen-bond acceptors (Lipinski definition) is 3. The summed E-state index contributed by atoms with van der Waals surface area (Å²) in [5.74, 6) is 0.338. The summed E-state index contributed by atoms with van der Waals surface area (Å²) in [5.41, 5.74) is 12.0. The van der Waals surface area contributed by atoms with Crippen LogP contribution < -0.4 is 16.8 Å². The zero-order chi connectivity index (χ0) is 14.3. The number of rotatable bonds is 6. The molecule has 2 saturated carbocycles. The molecule has 20 heavy (non-hydrogen) atoms. The maximum atomic E-state index is 11.3. The lowest BCUT2D eigenvalue weighted by Gasteiger charge is -2.20. The third-order valence-corrected chi connectivity index (χ3v) is 4.10. The van der Waals surface area contributed by atoms with Gasteiger partial charge < -0.3 is 16.8 Å². The second-order valence-electron chi connectivity index (χ2n) is 5.87. The fourth-order valence-corrected chi connectivity index (χ4v) is 2.72. The molecule has 0 radical (unpaired) electrons. The van der Waals surface area contributed by atoms with Crippen LogP contribution in [0.4, 0.5) is 5.69 Å². The minimum absolute atomic E-state index is 0.314. The monoisotopic (exact) mass is 273 g/mol. The zero-order valence-electron chi connectivity index (χ0n) is 11.3. The van der Waals surface area contributed by atoms with Crippen molar-refractivity contribution >= 4 is 17.5 Å². The van der Waals surface area contributed by atoms with Gasteiger partial charge in [0.25, 0.3) is 0 Å². The molecule has 0 bridgehead atoms. The number of nitrogens with one attached hydrogen (secondary N) is 1. The number of primary amides is 2. The highest BCUT2D eigenvalue weighted by Crippen LogP contribution is 2.45. The fourth-order valence-electron chi connectivity index (χ4n) is 2.72. The molecule has 0 unspecified atom stereocenters. The summed E-state index contributed by atoms with van der Waals surface area (Å²) in [5, 5.41) is 3.48. The molecule has 0 saturated heterocycles. The lowest BCUT2D eigenvalue weighted by molar-refractivity contribution is 0.0999. The zero-order valence-corrected chi connectivity index (χ0v) is 11.3. The van der Waals surface area contributed by atoms with Gasteiger partial charge in [-0.2, -0.15) is 0 Å². The summed E-state index contributed by atoms with van der Waals surface area (Å²) >= 11 is 0. The van der Waals surface area contributed by atoms with E-state index in [0.717, 1.165) is 17.5 Å².